The van der Waals surface area contributed by atoms with E-state index in [4.69, 9.17) is 14.2 Å². The molecule has 14 N–H and O–H groups in total. The number of alkyl halides is 6. The molecular formula is C108H94F6N8O28. The van der Waals surface area contributed by atoms with Crippen LogP contribution in [0, 0.1) is 27.7 Å². The lowest BCUT2D eigenvalue weighted by molar-refractivity contribution is -0.173. The van der Waals surface area contributed by atoms with Crippen LogP contribution in [0.4, 0.5) is 71.8 Å². The Hall–Kier alpha value is -19.3. The Morgan fingerprint density at radius 2 is 0.500 bits per heavy atom. The van der Waals surface area contributed by atoms with E-state index in [1.807, 2.05) is 0 Å². The van der Waals surface area contributed by atoms with Gasteiger partial charge in [-0.3, -0.25) is 57.5 Å². The summed E-state index contributed by atoms with van der Waals surface area (Å²) in [7, 11) is 6.37. The van der Waals surface area contributed by atoms with E-state index < -0.39 is 117 Å². The second-order valence-corrected chi connectivity index (χ2v) is 33.4. The molecule has 0 spiro atoms. The van der Waals surface area contributed by atoms with Crippen molar-refractivity contribution in [2.24, 2.45) is 0 Å². The number of aromatic carboxylic acids is 6. The first kappa shape index (κ1) is 114. The first-order chi connectivity index (χ1) is 70.6. The van der Waals surface area contributed by atoms with Gasteiger partial charge >= 0.3 is 48.2 Å². The maximum Gasteiger partial charge on any atom is 0.402 e. The number of halogens is 6. The Bertz CT molecular complexity index is 7510. The molecule has 0 aromatic heterocycles. The number of benzene rings is 12. The molecule has 12 aromatic rings. The van der Waals surface area contributed by atoms with Crippen molar-refractivity contribution < 1.29 is 162 Å². The molecule has 4 amide bonds. The highest BCUT2D eigenvalue weighted by Crippen LogP contribution is 2.50. The number of anilines is 8. The number of rotatable bonds is 36. The molecule has 0 saturated heterocycles. The number of hydrogen-bond acceptors (Lipinski definition) is 26. The van der Waals surface area contributed by atoms with Crippen molar-refractivity contribution >= 4 is 154 Å². The molecule has 0 bridgehead atoms. The van der Waals surface area contributed by atoms with Gasteiger partial charge in [-0.25, -0.2) is 28.8 Å². The molecular weight excluding hydrogens is 1970 g/mol. The molecule has 42 heteroatoms. The monoisotopic (exact) mass is 2060 g/mol. The van der Waals surface area contributed by atoms with Crippen LogP contribution in [0.2, 0.25) is 0 Å². The third-order valence-corrected chi connectivity index (χ3v) is 23.9. The van der Waals surface area contributed by atoms with E-state index in [1.165, 1.54) is 178 Å². The number of amides is 4. The lowest BCUT2D eigenvalue weighted by Crippen LogP contribution is -2.40. The fourth-order valence-corrected chi connectivity index (χ4v) is 15.5. The summed E-state index contributed by atoms with van der Waals surface area (Å²) in [4.78, 5) is 214. The highest BCUT2D eigenvalue weighted by molar-refractivity contribution is 6.17. The Balaban J connectivity index is 0.000000225. The highest BCUT2D eigenvalue weighted by Gasteiger charge is 2.55. The van der Waals surface area contributed by atoms with Crippen molar-refractivity contribution in [2.75, 3.05) is 70.7 Å². The molecule has 150 heavy (non-hydrogen) atoms. The predicted molar refractivity (Wildman–Crippen MR) is 538 cm³/mol. The molecule has 0 aliphatic carbocycles. The lowest BCUT2D eigenvalue weighted by Gasteiger charge is -2.34. The van der Waals surface area contributed by atoms with Crippen LogP contribution in [0.1, 0.15) is 231 Å². The normalized spacial score (nSPS) is 11.5. The van der Waals surface area contributed by atoms with Crippen molar-refractivity contribution in [1.29, 1.82) is 0 Å². The number of hydrogen-bond donors (Lipinski definition) is 14. The summed E-state index contributed by atoms with van der Waals surface area (Å²) in [5, 5.41) is 78.3. The zero-order chi connectivity index (χ0) is 111. The minimum atomic E-state index is -4.73. The maximum atomic E-state index is 14.8. The van der Waals surface area contributed by atoms with Crippen molar-refractivity contribution in [2.45, 2.75) is 92.4 Å². The number of nitrogens with one attached hydrogen (secondary N) is 8. The molecule has 0 aliphatic rings. The molecule has 2 atom stereocenters. The van der Waals surface area contributed by atoms with Gasteiger partial charge in [0.2, 0.25) is 0 Å². The third kappa shape index (κ3) is 26.3. The Morgan fingerprint density at radius 1 is 0.253 bits per heavy atom. The SMILES string of the molecule is CNc1cc(C(C)(c2ccc(C)c(NC(=O)c3cc(-c4ccc(OC=O)c(C(C)=O)c4)ccc3C(=O)O)c2)C(F)(F)F)ccc1C.CNc1cc(C(C)(c2ccc(C)c(NC(=O)c3cc(C(C)=O)c(OC=O)cc3C(=O)O)c2)C(F)(F)F)ccc1C.CNc1cc(NC(=O)c2cc(-c3ccc(OC=O)c(C(C)=O)c3)ccc2C(=O)O)cc(C(=O)O)c1.CNc1cc(NC(=O)c2cc(C(C)=O)c(OC=O)cc2C(=O)O)cc(C(=O)O)c1. The largest absolute Gasteiger partial charge is 0.478 e. The minimum absolute atomic E-state index is 0.00717. The minimum Gasteiger partial charge on any atom is -0.478 e. The van der Waals surface area contributed by atoms with Crippen molar-refractivity contribution in [3.8, 4) is 45.3 Å². The number of carbonyl (C=O) groups is 18. The van der Waals surface area contributed by atoms with E-state index in [0.717, 1.165) is 63.1 Å². The van der Waals surface area contributed by atoms with Gasteiger partial charge in [-0.2, -0.15) is 26.3 Å². The van der Waals surface area contributed by atoms with Gasteiger partial charge in [0, 0.05) is 73.7 Å². The Labute approximate surface area is 849 Å². The average molecular weight is 2070 g/mol. The second-order valence-electron chi connectivity index (χ2n) is 33.4. The van der Waals surface area contributed by atoms with Gasteiger partial charge in [0.25, 0.3) is 49.5 Å². The van der Waals surface area contributed by atoms with Crippen LogP contribution in [0.15, 0.2) is 206 Å². The fraction of sp³-hybridized carbons (Fsp3) is 0.167. The van der Waals surface area contributed by atoms with Gasteiger partial charge in [-0.05, 0) is 269 Å². The first-order valence-corrected chi connectivity index (χ1v) is 44.2. The van der Waals surface area contributed by atoms with Gasteiger partial charge in [-0.1, -0.05) is 72.8 Å². The van der Waals surface area contributed by atoms with Crippen molar-refractivity contribution in [3.05, 3.63) is 329 Å². The first-order valence-electron chi connectivity index (χ1n) is 44.2. The number of ketones is 4. The summed E-state index contributed by atoms with van der Waals surface area (Å²) in [5.41, 5.74) is -2.28. The van der Waals surface area contributed by atoms with Gasteiger partial charge in [0.1, 0.15) is 33.8 Å². The summed E-state index contributed by atoms with van der Waals surface area (Å²) in [6.07, 6.45) is -9.45. The van der Waals surface area contributed by atoms with E-state index in [1.54, 1.807) is 74.1 Å². The number of carboxylic acid groups (broad SMARTS) is 6. The fourth-order valence-electron chi connectivity index (χ4n) is 15.5. The van der Waals surface area contributed by atoms with E-state index in [2.05, 4.69) is 47.3 Å². The standard InChI is InChI=1S/C35H31F3N2O6.C29H27F3N2O6.C25H20N2O8.C19H16N2O8/c1-19-6-10-24(16-29(19)39-5)34(4,35(36,37)38)25-11-7-20(2)30(17-25)40-32(43)28-15-22(8-12-26(28)33(44)45)23-9-13-31(46-18-41)27(14-23)21(3)42;1-15-6-8-18(10-23(15)33-5)28(4,29(30,31)32)19-9-7-16(2)24(11-19)34-26(37)21-12-20(17(3)36)25(40-14-35)13-22(21)27(38)39;1-13(29)20-9-15(4-6-22(20)35-12-28)14-3-5-19(25(33)34)21(10-14)23(30)27-18-8-16(24(31)32)7-17(11-18)26-2;1-9(23)13-6-14(15(19(27)28)7-16(13)29-8-22)17(24)21-12-4-10(18(25)26)3-11(5-12)20-2/h6-18,39H,1-5H3,(H,40,43)(H,44,45);6-14,33H,1-5H3,(H,34,37)(H,38,39);3-12,26H,1-2H3,(H,27,30)(H,31,32)(H,33,34);3-8,20H,1-2H3,(H,21,24)(H,25,26)(H,27,28). The molecule has 0 aliphatic heterocycles. The van der Waals surface area contributed by atoms with Gasteiger partial charge in [0.05, 0.1) is 77.9 Å². The van der Waals surface area contributed by atoms with Crippen LogP contribution >= 0.6 is 0 Å². The van der Waals surface area contributed by atoms with Crippen LogP contribution in [0.25, 0.3) is 22.3 Å². The smallest absolute Gasteiger partial charge is 0.402 e. The van der Waals surface area contributed by atoms with Crippen LogP contribution < -0.4 is 61.5 Å². The molecule has 0 saturated carbocycles. The molecule has 0 heterocycles. The lowest BCUT2D eigenvalue weighted by atomic mass is 9.74. The van der Waals surface area contributed by atoms with Crippen molar-refractivity contribution in [1.82, 2.24) is 0 Å². The third-order valence-electron chi connectivity index (χ3n) is 23.9. The summed E-state index contributed by atoms with van der Waals surface area (Å²) in [6, 6.07) is 45.5. The van der Waals surface area contributed by atoms with E-state index in [-0.39, 0.29) is 161 Å². The number of aryl methyl sites for hydroxylation is 4. The van der Waals surface area contributed by atoms with E-state index >= 15 is 0 Å². The van der Waals surface area contributed by atoms with Crippen LogP contribution in [0.3, 0.4) is 0 Å². The van der Waals surface area contributed by atoms with Crippen LogP contribution in [-0.4, -0.2) is 180 Å². The molecule has 12 rings (SSSR count). The maximum absolute atomic E-state index is 14.8. The molecule has 12 aromatic carbocycles. The Kier molecular flexibility index (Phi) is 36.9. The topological polar surface area (TPSA) is 562 Å². The van der Waals surface area contributed by atoms with Gasteiger partial charge in [-0.15, -0.1) is 0 Å². The highest BCUT2D eigenvalue weighted by atomic mass is 19.4. The van der Waals surface area contributed by atoms with E-state index in [0.29, 0.717) is 56.1 Å². The average Bonchev–Trinajstić information content (AvgIpc) is 0.746. The van der Waals surface area contributed by atoms with Gasteiger partial charge in [0.15, 0.2) is 23.1 Å². The van der Waals surface area contributed by atoms with Gasteiger partial charge < -0.3 is 92.1 Å². The number of carboxylic acids is 6. The quantitative estimate of drug-likeness (QED) is 0.00985. The zero-order valence-electron chi connectivity index (χ0n) is 81.9. The predicted octanol–water partition coefficient (Wildman–Crippen LogP) is 19.4. The van der Waals surface area contributed by atoms with E-state index in [9.17, 15) is 143 Å². The van der Waals surface area contributed by atoms with Crippen molar-refractivity contribution in [3.63, 3.8) is 0 Å². The molecule has 0 fully saturated rings. The van der Waals surface area contributed by atoms with Crippen LogP contribution in [0.5, 0.6) is 23.0 Å². The summed E-state index contributed by atoms with van der Waals surface area (Å²) in [5.74, 6) is -14.2. The molecule has 776 valence electrons. The summed E-state index contributed by atoms with van der Waals surface area (Å²) < 4.78 is 108. The summed E-state index contributed by atoms with van der Waals surface area (Å²) in [6.45, 7) is 14.1. The second kappa shape index (κ2) is 48.4. The van der Waals surface area contributed by atoms with Crippen LogP contribution in [-0.2, 0) is 30.0 Å². The number of Topliss-reactive ketones (excluding diaryl/α,β-unsaturated/α-hetero) is 4. The summed E-state index contributed by atoms with van der Waals surface area (Å²) >= 11 is 0. The number of ether oxygens (including phenoxy) is 4. The Morgan fingerprint density at radius 3 is 0.760 bits per heavy atom. The number of carbonyl (C=O) groups excluding carboxylic acids is 12. The zero-order valence-corrected chi connectivity index (χ0v) is 81.9. The molecule has 0 radical (unpaired) electrons. The molecule has 2 unspecified atom stereocenters. The molecule has 36 nitrogen and oxygen atoms in total.